The van der Waals surface area contributed by atoms with Gasteiger partial charge in [-0.3, -0.25) is 14.2 Å². The Balaban J connectivity index is 1.83. The zero-order valence-corrected chi connectivity index (χ0v) is 11.3. The maximum absolute atomic E-state index is 10.6. The third-order valence-electron chi connectivity index (χ3n) is 3.27. The summed E-state index contributed by atoms with van der Waals surface area (Å²) in [6, 6.07) is 5.37. The summed E-state index contributed by atoms with van der Waals surface area (Å²) in [6.45, 7) is 2.50. The first-order valence-electron chi connectivity index (χ1n) is 6.23. The molecule has 0 unspecified atom stereocenters. The Bertz CT molecular complexity index is 751. The average Bonchev–Trinajstić information content (AvgIpc) is 3.14. The number of hydrogen-bond acceptors (Lipinski definition) is 4. The van der Waals surface area contributed by atoms with Crippen molar-refractivity contribution in [3.05, 3.63) is 47.8 Å². The van der Waals surface area contributed by atoms with Crippen LogP contribution >= 0.6 is 0 Å². The molecule has 0 aliphatic rings. The summed E-state index contributed by atoms with van der Waals surface area (Å²) >= 11 is 0. The maximum Gasteiger partial charge on any atom is 0.185 e. The number of nitrogens with zero attached hydrogens (tertiary/aromatic N) is 4. The van der Waals surface area contributed by atoms with Gasteiger partial charge >= 0.3 is 0 Å². The number of hydrogen-bond donors (Lipinski definition) is 0. The van der Waals surface area contributed by atoms with Crippen molar-refractivity contribution in [1.82, 2.24) is 19.6 Å². The van der Waals surface area contributed by atoms with Gasteiger partial charge in [0, 0.05) is 24.5 Å². The second-order valence-corrected chi connectivity index (χ2v) is 4.59. The zero-order valence-electron chi connectivity index (χ0n) is 11.3. The molecule has 3 aromatic rings. The van der Waals surface area contributed by atoms with Crippen LogP contribution in [0.4, 0.5) is 0 Å². The fourth-order valence-electron chi connectivity index (χ4n) is 2.05. The van der Waals surface area contributed by atoms with Crippen molar-refractivity contribution in [3.63, 3.8) is 0 Å². The quantitative estimate of drug-likeness (QED) is 0.680. The van der Waals surface area contributed by atoms with E-state index in [-0.39, 0.29) is 0 Å². The standard InChI is InChI=1S/C14H14N4O2/c1-10-13(7-15-17(10)2)14-5-6-18(16-14)8-11-3-4-12(9-19)20-11/h3-7,9H,8H2,1-2H3. The van der Waals surface area contributed by atoms with Gasteiger partial charge in [-0.25, -0.2) is 0 Å². The van der Waals surface area contributed by atoms with Crippen LogP contribution in [0.3, 0.4) is 0 Å². The van der Waals surface area contributed by atoms with Crippen LogP contribution in [0.15, 0.2) is 35.0 Å². The van der Waals surface area contributed by atoms with Gasteiger partial charge in [-0.1, -0.05) is 0 Å². The first kappa shape index (κ1) is 12.4. The third-order valence-corrected chi connectivity index (χ3v) is 3.27. The molecule has 0 bridgehead atoms. The number of aromatic nitrogens is 4. The van der Waals surface area contributed by atoms with Gasteiger partial charge in [0.25, 0.3) is 0 Å². The number of aldehydes is 1. The van der Waals surface area contributed by atoms with Crippen molar-refractivity contribution >= 4 is 6.29 Å². The molecule has 0 aliphatic carbocycles. The molecule has 0 saturated carbocycles. The maximum atomic E-state index is 10.6. The molecule has 6 heteroatoms. The van der Waals surface area contributed by atoms with Gasteiger partial charge in [-0.15, -0.1) is 0 Å². The van der Waals surface area contributed by atoms with Crippen molar-refractivity contribution in [1.29, 1.82) is 0 Å². The highest BCUT2D eigenvalue weighted by molar-refractivity contribution is 5.70. The molecule has 102 valence electrons. The minimum Gasteiger partial charge on any atom is -0.456 e. The summed E-state index contributed by atoms with van der Waals surface area (Å²) < 4.78 is 8.92. The molecule has 0 spiro atoms. The lowest BCUT2D eigenvalue weighted by molar-refractivity contribution is 0.109. The van der Waals surface area contributed by atoms with E-state index in [0.717, 1.165) is 17.0 Å². The Labute approximate surface area is 115 Å². The van der Waals surface area contributed by atoms with E-state index in [2.05, 4.69) is 10.2 Å². The smallest absolute Gasteiger partial charge is 0.185 e. The third kappa shape index (κ3) is 2.16. The lowest BCUT2D eigenvalue weighted by Gasteiger charge is -1.98. The van der Waals surface area contributed by atoms with Crippen LogP contribution in [0.5, 0.6) is 0 Å². The van der Waals surface area contributed by atoms with Crippen LogP contribution < -0.4 is 0 Å². The van der Waals surface area contributed by atoms with Crippen LogP contribution in [-0.4, -0.2) is 25.8 Å². The van der Waals surface area contributed by atoms with Gasteiger partial charge < -0.3 is 4.42 Å². The summed E-state index contributed by atoms with van der Waals surface area (Å²) in [5.74, 6) is 1.03. The fraction of sp³-hybridized carbons (Fsp3) is 0.214. The molecule has 0 fully saturated rings. The van der Waals surface area contributed by atoms with Crippen molar-refractivity contribution < 1.29 is 9.21 Å². The van der Waals surface area contributed by atoms with Crippen molar-refractivity contribution in [3.8, 4) is 11.3 Å². The zero-order chi connectivity index (χ0) is 14.1. The molecule has 0 amide bonds. The van der Waals surface area contributed by atoms with Crippen LogP contribution in [0.2, 0.25) is 0 Å². The summed E-state index contributed by atoms with van der Waals surface area (Å²) in [7, 11) is 1.90. The van der Waals surface area contributed by atoms with Crippen molar-refractivity contribution in [2.75, 3.05) is 0 Å². The highest BCUT2D eigenvalue weighted by atomic mass is 16.3. The first-order valence-corrected chi connectivity index (χ1v) is 6.23. The fourth-order valence-corrected chi connectivity index (χ4v) is 2.05. The minimum absolute atomic E-state index is 0.329. The van der Waals surface area contributed by atoms with Gasteiger partial charge in [0.15, 0.2) is 12.0 Å². The molecule has 0 aromatic carbocycles. The molecule has 3 heterocycles. The van der Waals surface area contributed by atoms with E-state index >= 15 is 0 Å². The van der Waals surface area contributed by atoms with E-state index in [1.54, 1.807) is 23.0 Å². The highest BCUT2D eigenvalue weighted by Gasteiger charge is 2.10. The molecule has 0 N–H and O–H groups in total. The van der Waals surface area contributed by atoms with Gasteiger partial charge in [0.2, 0.25) is 0 Å². The average molecular weight is 270 g/mol. The van der Waals surface area contributed by atoms with Crippen LogP contribution in [-0.2, 0) is 13.6 Å². The Morgan fingerprint density at radius 2 is 2.20 bits per heavy atom. The number of aryl methyl sites for hydroxylation is 1. The summed E-state index contributed by atoms with van der Waals surface area (Å²) in [5.41, 5.74) is 2.95. The molecule has 20 heavy (non-hydrogen) atoms. The molecule has 0 radical (unpaired) electrons. The highest BCUT2D eigenvalue weighted by Crippen LogP contribution is 2.20. The number of carbonyl (C=O) groups is 1. The van der Waals surface area contributed by atoms with E-state index in [1.165, 1.54) is 0 Å². The SMILES string of the molecule is Cc1c(-c2ccn(Cc3ccc(C=O)o3)n2)cnn1C. The van der Waals surface area contributed by atoms with Gasteiger partial charge in [0.1, 0.15) is 5.76 Å². The Hall–Kier alpha value is -2.63. The summed E-state index contributed by atoms with van der Waals surface area (Å²) in [4.78, 5) is 10.6. The van der Waals surface area contributed by atoms with Crippen LogP contribution in [0, 0.1) is 6.92 Å². The monoisotopic (exact) mass is 270 g/mol. The molecule has 6 nitrogen and oxygen atoms in total. The van der Waals surface area contributed by atoms with Crippen molar-refractivity contribution in [2.45, 2.75) is 13.5 Å². The molecular weight excluding hydrogens is 256 g/mol. The van der Waals surface area contributed by atoms with Gasteiger partial charge in [-0.2, -0.15) is 10.2 Å². The number of carbonyl (C=O) groups excluding carboxylic acids is 1. The number of furan rings is 1. The van der Waals surface area contributed by atoms with E-state index in [4.69, 9.17) is 4.42 Å². The topological polar surface area (TPSA) is 65.8 Å². The Morgan fingerprint density at radius 3 is 2.85 bits per heavy atom. The second kappa shape index (κ2) is 4.80. The Morgan fingerprint density at radius 1 is 1.35 bits per heavy atom. The van der Waals surface area contributed by atoms with Crippen LogP contribution in [0.1, 0.15) is 22.0 Å². The van der Waals surface area contributed by atoms with E-state index < -0.39 is 0 Å². The summed E-state index contributed by atoms with van der Waals surface area (Å²) in [5, 5.41) is 8.71. The summed E-state index contributed by atoms with van der Waals surface area (Å²) in [6.07, 6.45) is 4.38. The van der Waals surface area contributed by atoms with Gasteiger partial charge in [0.05, 0.1) is 18.4 Å². The molecule has 3 aromatic heterocycles. The van der Waals surface area contributed by atoms with Crippen molar-refractivity contribution in [2.24, 2.45) is 7.05 Å². The normalized spacial score (nSPS) is 10.9. The predicted octanol–water partition coefficient (Wildman–Crippen LogP) is 2.05. The first-order chi connectivity index (χ1) is 9.67. The Kier molecular flexibility index (Phi) is 2.98. The van der Waals surface area contributed by atoms with E-state index in [9.17, 15) is 4.79 Å². The lowest BCUT2D eigenvalue weighted by atomic mass is 10.2. The molecule has 0 atom stereocenters. The van der Waals surface area contributed by atoms with E-state index in [1.807, 2.05) is 30.9 Å². The second-order valence-electron chi connectivity index (χ2n) is 4.59. The predicted molar refractivity (Wildman–Crippen MR) is 72.4 cm³/mol. The minimum atomic E-state index is 0.329. The molecular formula is C14H14N4O2. The van der Waals surface area contributed by atoms with E-state index in [0.29, 0.717) is 24.4 Å². The molecule has 0 aliphatic heterocycles. The molecule has 3 rings (SSSR count). The van der Waals surface area contributed by atoms with Crippen LogP contribution in [0.25, 0.3) is 11.3 Å². The molecule has 0 saturated heterocycles. The number of rotatable bonds is 4. The largest absolute Gasteiger partial charge is 0.456 e. The van der Waals surface area contributed by atoms with Gasteiger partial charge in [-0.05, 0) is 25.1 Å². The lowest BCUT2D eigenvalue weighted by Crippen LogP contribution is -1.99.